The fourth-order valence-electron chi connectivity index (χ4n) is 1.63. The van der Waals surface area contributed by atoms with E-state index < -0.39 is 10.8 Å². The van der Waals surface area contributed by atoms with Crippen molar-refractivity contribution in [2.45, 2.75) is 0 Å². The van der Waals surface area contributed by atoms with Gasteiger partial charge in [-0.1, -0.05) is 0 Å². The van der Waals surface area contributed by atoms with Crippen LogP contribution in [-0.4, -0.2) is 22.9 Å². The van der Waals surface area contributed by atoms with Gasteiger partial charge in [0.2, 0.25) is 0 Å². The Morgan fingerprint density at radius 2 is 2.19 bits per heavy atom. The Morgan fingerprint density at radius 1 is 1.43 bits per heavy atom. The summed E-state index contributed by atoms with van der Waals surface area (Å²) in [6.45, 7) is 0. The number of aromatic nitrogens is 1. The van der Waals surface area contributed by atoms with Crippen molar-refractivity contribution >= 4 is 33.3 Å². The molecule has 0 spiro atoms. The Bertz CT molecular complexity index is 706. The predicted octanol–water partition coefficient (Wildman–Crippen LogP) is 3.01. The zero-order valence-electron chi connectivity index (χ0n) is 10.9. The van der Waals surface area contributed by atoms with Crippen molar-refractivity contribution in [2.75, 3.05) is 12.4 Å². The number of halogens is 1. The van der Waals surface area contributed by atoms with E-state index >= 15 is 0 Å². The minimum Gasteiger partial charge on any atom is -0.490 e. The maximum atomic E-state index is 12.1. The van der Waals surface area contributed by atoms with Gasteiger partial charge in [-0.25, -0.2) is 4.98 Å². The number of nitro groups is 1. The van der Waals surface area contributed by atoms with Crippen LogP contribution in [0.25, 0.3) is 0 Å². The first-order valence-corrected chi connectivity index (χ1v) is 6.56. The summed E-state index contributed by atoms with van der Waals surface area (Å²) in [6, 6.07) is 7.34. The maximum Gasteiger partial charge on any atom is 0.310 e. The van der Waals surface area contributed by atoms with Crippen molar-refractivity contribution in [1.29, 1.82) is 0 Å². The first kappa shape index (κ1) is 14.9. The van der Waals surface area contributed by atoms with E-state index in [1.54, 1.807) is 12.1 Å². The number of nitro benzene ring substituents is 1. The lowest BCUT2D eigenvalue weighted by molar-refractivity contribution is -0.385. The van der Waals surface area contributed by atoms with Gasteiger partial charge in [0.05, 0.1) is 16.5 Å². The number of hydrogen-bond acceptors (Lipinski definition) is 5. The molecule has 8 heteroatoms. The average Bonchev–Trinajstić information content (AvgIpc) is 2.48. The molecule has 1 amide bonds. The van der Waals surface area contributed by atoms with Crippen LogP contribution in [0.3, 0.4) is 0 Å². The van der Waals surface area contributed by atoms with Crippen LogP contribution in [-0.2, 0) is 0 Å². The molecule has 0 aliphatic rings. The first-order chi connectivity index (χ1) is 10.0. The van der Waals surface area contributed by atoms with Gasteiger partial charge in [0.1, 0.15) is 5.82 Å². The summed E-state index contributed by atoms with van der Waals surface area (Å²) in [5.41, 5.74) is 0.0306. The van der Waals surface area contributed by atoms with Gasteiger partial charge in [-0.3, -0.25) is 14.9 Å². The highest BCUT2D eigenvalue weighted by Crippen LogP contribution is 2.28. The van der Waals surface area contributed by atoms with E-state index in [9.17, 15) is 14.9 Å². The third-order valence-electron chi connectivity index (χ3n) is 2.63. The van der Waals surface area contributed by atoms with Crippen LogP contribution in [0.4, 0.5) is 11.5 Å². The highest BCUT2D eigenvalue weighted by molar-refractivity contribution is 9.10. The second-order valence-electron chi connectivity index (χ2n) is 3.93. The van der Waals surface area contributed by atoms with Crippen molar-refractivity contribution in [2.24, 2.45) is 0 Å². The summed E-state index contributed by atoms with van der Waals surface area (Å²) in [4.78, 5) is 26.4. The molecule has 0 unspecified atom stereocenters. The highest BCUT2D eigenvalue weighted by Gasteiger charge is 2.18. The summed E-state index contributed by atoms with van der Waals surface area (Å²) in [5.74, 6) is -0.0600. The van der Waals surface area contributed by atoms with Crippen LogP contribution in [0.2, 0.25) is 0 Å². The molecule has 0 fully saturated rings. The quantitative estimate of drug-likeness (QED) is 0.674. The third-order valence-corrected chi connectivity index (χ3v) is 3.27. The fourth-order valence-corrected chi connectivity index (χ4v) is 1.98. The number of carbonyl (C=O) groups is 1. The molecular weight excluding hydrogens is 342 g/mol. The molecule has 108 valence electrons. The number of nitrogens with zero attached hydrogens (tertiary/aromatic N) is 2. The number of ether oxygens (including phenoxy) is 1. The summed E-state index contributed by atoms with van der Waals surface area (Å²) in [6.07, 6.45) is 1.54. The van der Waals surface area contributed by atoms with E-state index in [0.29, 0.717) is 10.3 Å². The molecule has 0 saturated heterocycles. The lowest BCUT2D eigenvalue weighted by Crippen LogP contribution is -2.13. The predicted molar refractivity (Wildman–Crippen MR) is 79.5 cm³/mol. The lowest BCUT2D eigenvalue weighted by Gasteiger charge is -2.07. The minimum absolute atomic E-state index is 0.0211. The van der Waals surface area contributed by atoms with Gasteiger partial charge in [0, 0.05) is 23.9 Å². The second-order valence-corrected chi connectivity index (χ2v) is 4.79. The number of nitrogens with one attached hydrogen (secondary N) is 1. The van der Waals surface area contributed by atoms with Gasteiger partial charge < -0.3 is 10.1 Å². The number of hydrogen-bond donors (Lipinski definition) is 1. The molecular formula is C13H10BrN3O4. The molecule has 0 aliphatic carbocycles. The number of carbonyl (C=O) groups excluding carboxylic acids is 1. The normalized spacial score (nSPS) is 10.0. The smallest absolute Gasteiger partial charge is 0.310 e. The van der Waals surface area contributed by atoms with Gasteiger partial charge >= 0.3 is 5.69 Å². The molecule has 1 aromatic heterocycles. The number of anilines is 1. The molecule has 0 radical (unpaired) electrons. The summed E-state index contributed by atoms with van der Waals surface area (Å²) in [5, 5.41) is 13.4. The second kappa shape index (κ2) is 6.31. The van der Waals surface area contributed by atoms with Crippen LogP contribution >= 0.6 is 15.9 Å². The Kier molecular flexibility index (Phi) is 4.49. The molecule has 0 bridgehead atoms. The van der Waals surface area contributed by atoms with Gasteiger partial charge in [-0.2, -0.15) is 0 Å². The van der Waals surface area contributed by atoms with Gasteiger partial charge in [0.25, 0.3) is 5.91 Å². The summed E-state index contributed by atoms with van der Waals surface area (Å²) in [7, 11) is 1.30. The van der Waals surface area contributed by atoms with Gasteiger partial charge in [-0.15, -0.1) is 0 Å². The van der Waals surface area contributed by atoms with Crippen LogP contribution < -0.4 is 10.1 Å². The topological polar surface area (TPSA) is 94.4 Å². The Morgan fingerprint density at radius 3 is 2.81 bits per heavy atom. The number of pyridine rings is 1. The van der Waals surface area contributed by atoms with Crippen molar-refractivity contribution in [3.05, 3.63) is 56.7 Å². The fraction of sp³-hybridized carbons (Fsp3) is 0.0769. The molecule has 1 heterocycles. The maximum absolute atomic E-state index is 12.1. The van der Waals surface area contributed by atoms with Crippen LogP contribution in [0.15, 0.2) is 41.0 Å². The van der Waals surface area contributed by atoms with Crippen molar-refractivity contribution in [3.63, 3.8) is 0 Å². The van der Waals surface area contributed by atoms with Crippen LogP contribution in [0.1, 0.15) is 10.4 Å². The standard InChI is InChI=1S/C13H10BrN3O4/c1-21-11-7-8(4-5-10(11)17(19)20)13(18)16-12-9(14)3-2-6-15-12/h2-7H,1H3,(H,15,16,18). The van der Waals surface area contributed by atoms with E-state index in [1.165, 1.54) is 31.5 Å². The van der Waals surface area contributed by atoms with Gasteiger partial charge in [-0.05, 0) is 34.1 Å². The lowest BCUT2D eigenvalue weighted by atomic mass is 10.1. The van der Waals surface area contributed by atoms with E-state index in [1.807, 2.05) is 0 Å². The summed E-state index contributed by atoms with van der Waals surface area (Å²) < 4.78 is 5.56. The zero-order valence-corrected chi connectivity index (χ0v) is 12.5. The van der Waals surface area contributed by atoms with Crippen LogP contribution in [0.5, 0.6) is 5.75 Å². The van der Waals surface area contributed by atoms with Crippen molar-refractivity contribution < 1.29 is 14.5 Å². The van der Waals surface area contributed by atoms with E-state index in [0.717, 1.165) is 0 Å². The first-order valence-electron chi connectivity index (χ1n) is 5.77. The molecule has 2 aromatic rings. The average molecular weight is 352 g/mol. The SMILES string of the molecule is COc1cc(C(=O)Nc2ncccc2Br)ccc1[N+](=O)[O-]. The van der Waals surface area contributed by atoms with E-state index in [4.69, 9.17) is 4.74 Å². The third kappa shape index (κ3) is 3.34. The Labute approximate surface area is 128 Å². The number of methoxy groups -OCH3 is 1. The largest absolute Gasteiger partial charge is 0.490 e. The number of amides is 1. The number of benzene rings is 1. The molecule has 0 aliphatic heterocycles. The zero-order chi connectivity index (χ0) is 15.4. The highest BCUT2D eigenvalue weighted by atomic mass is 79.9. The minimum atomic E-state index is -0.574. The Hall–Kier alpha value is -2.48. The monoisotopic (exact) mass is 351 g/mol. The van der Waals surface area contributed by atoms with Crippen molar-refractivity contribution in [3.8, 4) is 5.75 Å². The van der Waals surface area contributed by atoms with Gasteiger partial charge in [0.15, 0.2) is 5.75 Å². The Balaban J connectivity index is 2.28. The molecule has 1 aromatic carbocycles. The molecule has 21 heavy (non-hydrogen) atoms. The molecule has 0 saturated carbocycles. The molecule has 2 rings (SSSR count). The van der Waals surface area contributed by atoms with E-state index in [-0.39, 0.29) is 17.0 Å². The number of rotatable bonds is 4. The van der Waals surface area contributed by atoms with Crippen LogP contribution in [0, 0.1) is 10.1 Å². The molecule has 7 nitrogen and oxygen atoms in total. The van der Waals surface area contributed by atoms with E-state index in [2.05, 4.69) is 26.2 Å². The summed E-state index contributed by atoms with van der Waals surface area (Å²) >= 11 is 3.26. The van der Waals surface area contributed by atoms with Crippen molar-refractivity contribution in [1.82, 2.24) is 4.98 Å². The molecule has 0 atom stereocenters. The molecule has 1 N–H and O–H groups in total.